The molecule has 0 heterocycles. The van der Waals surface area contributed by atoms with Crippen LogP contribution in [0.3, 0.4) is 0 Å². The molecule has 0 spiro atoms. The maximum absolute atomic E-state index is 12.5. The van der Waals surface area contributed by atoms with Gasteiger partial charge in [-0.25, -0.2) is 0 Å². The van der Waals surface area contributed by atoms with Crippen LogP contribution in [0.1, 0.15) is 18.4 Å². The standard InChI is InChI=1S/C19H21BrN2O3/c20-16-7-4-8-17(13-16)25-12-10-19(24)22(11-9-18(21)23)14-15-5-2-1-3-6-15/h1-8,13H,9-12,14H2,(H2,21,23). The Kier molecular flexibility index (Phi) is 7.47. The predicted molar refractivity (Wildman–Crippen MR) is 99.9 cm³/mol. The molecule has 2 rings (SSSR count). The minimum Gasteiger partial charge on any atom is -0.493 e. The van der Waals surface area contributed by atoms with Crippen molar-refractivity contribution in [3.63, 3.8) is 0 Å². The second-order valence-electron chi connectivity index (χ2n) is 5.57. The number of hydrogen-bond donors (Lipinski definition) is 1. The second kappa shape index (κ2) is 9.84. The first-order valence-corrected chi connectivity index (χ1v) is 8.82. The van der Waals surface area contributed by atoms with Gasteiger partial charge in [-0.1, -0.05) is 52.3 Å². The lowest BCUT2D eigenvalue weighted by atomic mass is 10.2. The highest BCUT2D eigenvalue weighted by Gasteiger charge is 2.15. The van der Waals surface area contributed by atoms with Crippen LogP contribution in [0.15, 0.2) is 59.1 Å². The highest BCUT2D eigenvalue weighted by Crippen LogP contribution is 2.18. The number of carbonyl (C=O) groups is 2. The van der Waals surface area contributed by atoms with Crippen LogP contribution >= 0.6 is 15.9 Å². The van der Waals surface area contributed by atoms with Gasteiger partial charge in [0.05, 0.1) is 13.0 Å². The fraction of sp³-hybridized carbons (Fsp3) is 0.263. The zero-order valence-electron chi connectivity index (χ0n) is 13.9. The third-order valence-corrected chi connectivity index (χ3v) is 4.07. The average Bonchev–Trinajstić information content (AvgIpc) is 2.59. The predicted octanol–water partition coefficient (Wildman–Crippen LogP) is 3.12. The fourth-order valence-electron chi connectivity index (χ4n) is 2.31. The molecular formula is C19H21BrN2O3. The van der Waals surface area contributed by atoms with E-state index in [0.29, 0.717) is 18.8 Å². The monoisotopic (exact) mass is 404 g/mol. The summed E-state index contributed by atoms with van der Waals surface area (Å²) in [5, 5.41) is 0. The van der Waals surface area contributed by atoms with Crippen LogP contribution in [0.5, 0.6) is 5.75 Å². The van der Waals surface area contributed by atoms with Crippen molar-refractivity contribution >= 4 is 27.7 Å². The number of nitrogens with two attached hydrogens (primary N) is 1. The summed E-state index contributed by atoms with van der Waals surface area (Å²) < 4.78 is 6.53. The molecule has 0 aliphatic rings. The van der Waals surface area contributed by atoms with Gasteiger partial charge < -0.3 is 15.4 Å². The normalized spacial score (nSPS) is 10.3. The molecule has 0 bridgehead atoms. The van der Waals surface area contributed by atoms with E-state index in [1.165, 1.54) is 0 Å². The average molecular weight is 405 g/mol. The molecule has 2 amide bonds. The number of primary amides is 1. The van der Waals surface area contributed by atoms with Crippen molar-refractivity contribution in [2.24, 2.45) is 5.73 Å². The summed E-state index contributed by atoms with van der Waals surface area (Å²) in [5.74, 6) is 0.213. The van der Waals surface area contributed by atoms with Gasteiger partial charge >= 0.3 is 0 Å². The van der Waals surface area contributed by atoms with Gasteiger partial charge in [0.25, 0.3) is 0 Å². The smallest absolute Gasteiger partial charge is 0.226 e. The van der Waals surface area contributed by atoms with Crippen LogP contribution in [-0.2, 0) is 16.1 Å². The first-order chi connectivity index (χ1) is 12.0. The van der Waals surface area contributed by atoms with Gasteiger partial charge in [-0.15, -0.1) is 0 Å². The molecule has 2 aromatic carbocycles. The Bertz CT molecular complexity index is 707. The number of nitrogens with zero attached hydrogens (tertiary/aromatic N) is 1. The molecule has 0 aromatic heterocycles. The van der Waals surface area contributed by atoms with Crippen molar-refractivity contribution in [1.82, 2.24) is 4.90 Å². The number of benzene rings is 2. The van der Waals surface area contributed by atoms with Crippen LogP contribution in [0.2, 0.25) is 0 Å². The molecule has 25 heavy (non-hydrogen) atoms. The fourth-order valence-corrected chi connectivity index (χ4v) is 2.69. The lowest BCUT2D eigenvalue weighted by molar-refractivity contribution is -0.132. The largest absolute Gasteiger partial charge is 0.493 e. The Hall–Kier alpha value is -2.34. The van der Waals surface area contributed by atoms with E-state index >= 15 is 0 Å². The van der Waals surface area contributed by atoms with E-state index in [9.17, 15) is 9.59 Å². The van der Waals surface area contributed by atoms with Gasteiger partial charge in [-0.3, -0.25) is 9.59 Å². The third kappa shape index (κ3) is 6.97. The number of carbonyl (C=O) groups excluding carboxylic acids is 2. The Morgan fingerprint density at radius 3 is 2.48 bits per heavy atom. The molecule has 0 unspecified atom stereocenters. The summed E-state index contributed by atoms with van der Waals surface area (Å²) in [6.07, 6.45) is 0.378. The number of amides is 2. The summed E-state index contributed by atoms with van der Waals surface area (Å²) in [6, 6.07) is 17.1. The number of halogens is 1. The highest BCUT2D eigenvalue weighted by molar-refractivity contribution is 9.10. The molecule has 0 radical (unpaired) electrons. The molecule has 0 aliphatic carbocycles. The van der Waals surface area contributed by atoms with Crippen LogP contribution in [0.4, 0.5) is 0 Å². The number of rotatable bonds is 9. The quantitative estimate of drug-likeness (QED) is 0.697. The molecule has 0 saturated carbocycles. The van der Waals surface area contributed by atoms with E-state index < -0.39 is 5.91 Å². The maximum atomic E-state index is 12.5. The summed E-state index contributed by atoms with van der Waals surface area (Å²) in [6.45, 7) is 1.03. The van der Waals surface area contributed by atoms with E-state index in [1.54, 1.807) is 4.90 Å². The molecule has 5 nitrogen and oxygen atoms in total. The van der Waals surface area contributed by atoms with Gasteiger partial charge in [0.2, 0.25) is 11.8 Å². The molecule has 132 valence electrons. The third-order valence-electron chi connectivity index (χ3n) is 3.58. The topological polar surface area (TPSA) is 72.6 Å². The first kappa shape index (κ1) is 19.0. The van der Waals surface area contributed by atoms with Crippen molar-refractivity contribution in [1.29, 1.82) is 0 Å². The molecule has 0 aliphatic heterocycles. The van der Waals surface area contributed by atoms with Crippen LogP contribution in [0.25, 0.3) is 0 Å². The highest BCUT2D eigenvalue weighted by atomic mass is 79.9. The van der Waals surface area contributed by atoms with Crippen LogP contribution < -0.4 is 10.5 Å². The zero-order chi connectivity index (χ0) is 18.1. The summed E-state index contributed by atoms with van der Waals surface area (Å²) in [5.41, 5.74) is 6.23. The van der Waals surface area contributed by atoms with Crippen LogP contribution in [0, 0.1) is 0 Å². The van der Waals surface area contributed by atoms with Gasteiger partial charge in [-0.2, -0.15) is 0 Å². The molecule has 0 fully saturated rings. The van der Waals surface area contributed by atoms with E-state index in [2.05, 4.69) is 15.9 Å². The summed E-state index contributed by atoms with van der Waals surface area (Å²) in [7, 11) is 0. The van der Waals surface area contributed by atoms with Crippen molar-refractivity contribution in [2.45, 2.75) is 19.4 Å². The van der Waals surface area contributed by atoms with Crippen molar-refractivity contribution < 1.29 is 14.3 Å². The van der Waals surface area contributed by atoms with E-state index in [1.807, 2.05) is 54.6 Å². The van der Waals surface area contributed by atoms with Gasteiger partial charge in [-0.05, 0) is 23.8 Å². The van der Waals surface area contributed by atoms with E-state index in [-0.39, 0.29) is 25.4 Å². The van der Waals surface area contributed by atoms with Crippen molar-refractivity contribution in [3.05, 3.63) is 64.6 Å². The lowest BCUT2D eigenvalue weighted by Gasteiger charge is -2.22. The number of ether oxygens (including phenoxy) is 1. The van der Waals surface area contributed by atoms with Gasteiger partial charge in [0.1, 0.15) is 5.75 Å². The molecular weight excluding hydrogens is 384 g/mol. The maximum Gasteiger partial charge on any atom is 0.226 e. The molecule has 2 N–H and O–H groups in total. The minimum atomic E-state index is -0.420. The molecule has 6 heteroatoms. The van der Waals surface area contributed by atoms with Gasteiger partial charge in [0.15, 0.2) is 0 Å². The summed E-state index contributed by atoms with van der Waals surface area (Å²) >= 11 is 3.38. The van der Waals surface area contributed by atoms with E-state index in [0.717, 1.165) is 10.0 Å². The SMILES string of the molecule is NC(=O)CCN(Cc1ccccc1)C(=O)CCOc1cccc(Br)c1. The first-order valence-electron chi connectivity index (χ1n) is 8.03. The second-order valence-corrected chi connectivity index (χ2v) is 6.49. The Morgan fingerprint density at radius 1 is 1.04 bits per heavy atom. The van der Waals surface area contributed by atoms with Crippen LogP contribution in [-0.4, -0.2) is 29.9 Å². The Balaban J connectivity index is 1.90. The minimum absolute atomic E-state index is 0.0694. The van der Waals surface area contributed by atoms with Gasteiger partial charge in [0, 0.05) is 24.0 Å². The van der Waals surface area contributed by atoms with E-state index in [4.69, 9.17) is 10.5 Å². The number of hydrogen-bond acceptors (Lipinski definition) is 3. The van der Waals surface area contributed by atoms with Crippen molar-refractivity contribution in [3.8, 4) is 5.75 Å². The lowest BCUT2D eigenvalue weighted by Crippen LogP contribution is -2.34. The summed E-state index contributed by atoms with van der Waals surface area (Å²) in [4.78, 5) is 25.2. The Morgan fingerprint density at radius 2 is 1.80 bits per heavy atom. The molecule has 2 aromatic rings. The molecule has 0 atom stereocenters. The van der Waals surface area contributed by atoms with Crippen molar-refractivity contribution in [2.75, 3.05) is 13.2 Å². The molecule has 0 saturated heterocycles. The zero-order valence-corrected chi connectivity index (χ0v) is 15.4. The Labute approximate surface area is 155 Å².